The average molecular weight is 738 g/mol. The molecule has 0 saturated carbocycles. The smallest absolute Gasteiger partial charge is 0.413 e. The Balaban J connectivity index is 1.39. The molecule has 2 aromatic carbocycles. The summed E-state index contributed by atoms with van der Waals surface area (Å²) in [7, 11) is -1.43. The van der Waals surface area contributed by atoms with E-state index < -0.39 is 37.0 Å². The third-order valence-electron chi connectivity index (χ3n) is 9.13. The molecule has 1 fully saturated rings. The Morgan fingerprint density at radius 1 is 1.06 bits per heavy atom. The number of hydrogen-bond acceptors (Lipinski definition) is 6. The second-order valence-corrected chi connectivity index (χ2v) is 21.3. The highest BCUT2D eigenvalue weighted by molar-refractivity contribution is 6.76. The number of hydrogen-bond donors (Lipinski definition) is 1. The number of anilines is 1. The van der Waals surface area contributed by atoms with Gasteiger partial charge < -0.3 is 23.8 Å². The minimum Gasteiger partial charge on any atom is -0.444 e. The summed E-state index contributed by atoms with van der Waals surface area (Å²) in [6, 6.07) is 15.0. The monoisotopic (exact) mass is 737 g/mol. The van der Waals surface area contributed by atoms with Crippen molar-refractivity contribution in [3.63, 3.8) is 0 Å². The summed E-state index contributed by atoms with van der Waals surface area (Å²) in [6.07, 6.45) is -0.553. The molecule has 10 nitrogen and oxygen atoms in total. The van der Waals surface area contributed by atoms with Crippen molar-refractivity contribution in [3.8, 4) is 0 Å². The van der Waals surface area contributed by atoms with Crippen LogP contribution in [-0.2, 0) is 39.6 Å². The lowest BCUT2D eigenvalue weighted by molar-refractivity contribution is -0.137. The molecule has 1 atom stereocenters. The summed E-state index contributed by atoms with van der Waals surface area (Å²) in [5.74, 6) is -2.15. The van der Waals surface area contributed by atoms with Gasteiger partial charge in [0.25, 0.3) is 11.8 Å². The predicted molar refractivity (Wildman–Crippen MR) is 193 cm³/mol. The van der Waals surface area contributed by atoms with Crippen LogP contribution in [0.4, 0.5) is 19.4 Å². The van der Waals surface area contributed by atoms with E-state index in [9.17, 15) is 18.8 Å². The second kappa shape index (κ2) is 13.7. The quantitative estimate of drug-likeness (QED) is 0.131. The van der Waals surface area contributed by atoms with Crippen molar-refractivity contribution < 1.29 is 32.6 Å². The molecule has 1 unspecified atom stereocenters. The van der Waals surface area contributed by atoms with Crippen LogP contribution >= 0.6 is 11.6 Å². The maximum atomic E-state index is 15.5. The van der Waals surface area contributed by atoms with Gasteiger partial charge in [0.15, 0.2) is 17.2 Å². The average Bonchev–Trinajstić information content (AvgIpc) is 3.62. The first kappa shape index (κ1) is 36.5. The number of likely N-dealkylation sites (tertiary alicyclic amines) is 1. The molecule has 2 aromatic heterocycles. The van der Waals surface area contributed by atoms with Crippen molar-refractivity contribution in [2.75, 3.05) is 18.5 Å². The zero-order valence-electron chi connectivity index (χ0n) is 29.6. The number of pyridine rings is 1. The molecule has 2 aliphatic heterocycles. The molecule has 4 aromatic rings. The van der Waals surface area contributed by atoms with E-state index in [4.69, 9.17) is 21.1 Å². The Hall–Kier alpha value is -4.33. The molecule has 51 heavy (non-hydrogen) atoms. The first-order valence-corrected chi connectivity index (χ1v) is 21.0. The summed E-state index contributed by atoms with van der Waals surface area (Å²) in [6.45, 7) is 12.9. The van der Waals surface area contributed by atoms with Gasteiger partial charge in [-0.15, -0.1) is 0 Å². The minimum absolute atomic E-state index is 0.0383. The van der Waals surface area contributed by atoms with Crippen LogP contribution in [0.3, 0.4) is 0 Å². The lowest BCUT2D eigenvalue weighted by Crippen LogP contribution is -2.49. The number of halogens is 3. The summed E-state index contributed by atoms with van der Waals surface area (Å²) in [4.78, 5) is 49.0. The van der Waals surface area contributed by atoms with Crippen LogP contribution in [0.15, 0.2) is 54.6 Å². The number of ether oxygens (including phenoxy) is 2. The van der Waals surface area contributed by atoms with Crippen LogP contribution in [0.25, 0.3) is 11.0 Å². The van der Waals surface area contributed by atoms with Gasteiger partial charge in [-0.3, -0.25) is 14.9 Å². The van der Waals surface area contributed by atoms with E-state index in [1.807, 2.05) is 0 Å². The number of nitrogens with one attached hydrogen (secondary N) is 1. The molecule has 4 heterocycles. The number of benzene rings is 2. The van der Waals surface area contributed by atoms with E-state index >= 15 is 4.39 Å². The Morgan fingerprint density at radius 2 is 1.78 bits per heavy atom. The Labute approximate surface area is 301 Å². The van der Waals surface area contributed by atoms with Crippen LogP contribution in [0.1, 0.15) is 54.4 Å². The molecule has 2 aliphatic rings. The molecule has 0 radical (unpaired) electrons. The molecule has 1 N–H and O–H groups in total. The first-order chi connectivity index (χ1) is 24.0. The van der Waals surface area contributed by atoms with Gasteiger partial charge >= 0.3 is 6.09 Å². The standard InChI is InChI=1S/C37H42ClF2N5O5Si/c1-36(2,3)50-35(48)42-32-28(40)19-30-29(41-32)18-25(44(30)22-49-16-17-51(4,5)6)21-45-33(46)31-26(8-7-9-27(31)38)37(45)14-15-43(34(37)47)20-23-10-12-24(39)13-11-23/h7-13,18-19H,14-17,20-22H2,1-6H3,(H,41,42,48). The van der Waals surface area contributed by atoms with Crippen LogP contribution in [0.2, 0.25) is 30.7 Å². The fraction of sp³-hybridized carbons (Fsp3) is 0.405. The molecule has 14 heteroatoms. The number of nitrogens with zero attached hydrogens (tertiary/aromatic N) is 4. The molecule has 0 aliphatic carbocycles. The highest BCUT2D eigenvalue weighted by atomic mass is 35.5. The summed E-state index contributed by atoms with van der Waals surface area (Å²) in [5.41, 5.74) is 0.644. The highest BCUT2D eigenvalue weighted by Crippen LogP contribution is 2.49. The van der Waals surface area contributed by atoms with E-state index in [-0.39, 0.29) is 47.9 Å². The van der Waals surface area contributed by atoms with Crippen molar-refractivity contribution >= 4 is 54.4 Å². The van der Waals surface area contributed by atoms with E-state index in [2.05, 4.69) is 29.9 Å². The number of carbonyl (C=O) groups is 3. The topological polar surface area (TPSA) is 106 Å². The van der Waals surface area contributed by atoms with Crippen molar-refractivity contribution in [3.05, 3.63) is 93.6 Å². The van der Waals surface area contributed by atoms with Crippen LogP contribution in [0, 0.1) is 11.6 Å². The summed E-state index contributed by atoms with van der Waals surface area (Å²) in [5, 5.41) is 2.63. The molecule has 6 rings (SSSR count). The number of fused-ring (bicyclic) bond motifs is 3. The second-order valence-electron chi connectivity index (χ2n) is 15.3. The zero-order valence-corrected chi connectivity index (χ0v) is 31.4. The first-order valence-electron chi connectivity index (χ1n) is 16.9. The van der Waals surface area contributed by atoms with Crippen molar-refractivity contribution in [1.82, 2.24) is 19.4 Å². The maximum Gasteiger partial charge on any atom is 0.413 e. The van der Waals surface area contributed by atoms with Crippen molar-refractivity contribution in [2.45, 2.75) is 83.8 Å². The molecule has 1 spiro atoms. The van der Waals surface area contributed by atoms with Crippen LogP contribution < -0.4 is 5.32 Å². The van der Waals surface area contributed by atoms with Crippen molar-refractivity contribution in [1.29, 1.82) is 0 Å². The van der Waals surface area contributed by atoms with Gasteiger partial charge in [0.1, 0.15) is 18.1 Å². The third kappa shape index (κ3) is 7.37. The number of rotatable bonds is 10. The largest absolute Gasteiger partial charge is 0.444 e. The van der Waals surface area contributed by atoms with Gasteiger partial charge in [-0.2, -0.15) is 0 Å². The Bertz CT molecular complexity index is 2010. The number of carbonyl (C=O) groups excluding carboxylic acids is 3. The Morgan fingerprint density at radius 3 is 2.47 bits per heavy atom. The van der Waals surface area contributed by atoms with Crippen LogP contribution in [0.5, 0.6) is 0 Å². The fourth-order valence-electron chi connectivity index (χ4n) is 6.65. The SMILES string of the molecule is CC(C)(C)OC(=O)Nc1nc2cc(CN3C(=O)c4c(Cl)cccc4C34CCN(Cc3ccc(F)cc3)C4=O)n(COCC[Si](C)(C)C)c2cc1F. The van der Waals surface area contributed by atoms with Gasteiger partial charge in [0.2, 0.25) is 0 Å². The van der Waals surface area contributed by atoms with E-state index in [1.54, 1.807) is 71.5 Å². The van der Waals surface area contributed by atoms with E-state index in [0.29, 0.717) is 41.9 Å². The minimum atomic E-state index is -1.43. The Kier molecular flexibility index (Phi) is 9.77. The fourth-order valence-corrected chi connectivity index (χ4v) is 7.66. The third-order valence-corrected chi connectivity index (χ3v) is 11.2. The van der Waals surface area contributed by atoms with Gasteiger partial charge in [-0.25, -0.2) is 18.6 Å². The molecule has 1 saturated heterocycles. The molecular weight excluding hydrogens is 696 g/mol. The summed E-state index contributed by atoms with van der Waals surface area (Å²) < 4.78 is 42.4. The lowest BCUT2D eigenvalue weighted by Gasteiger charge is -2.34. The molecule has 0 bridgehead atoms. The van der Waals surface area contributed by atoms with Gasteiger partial charge in [-0.1, -0.05) is 55.5 Å². The predicted octanol–water partition coefficient (Wildman–Crippen LogP) is 7.91. The lowest BCUT2D eigenvalue weighted by atomic mass is 9.87. The van der Waals surface area contributed by atoms with Gasteiger partial charge in [0, 0.05) is 51.5 Å². The molecule has 270 valence electrons. The van der Waals surface area contributed by atoms with Crippen molar-refractivity contribution in [2.24, 2.45) is 0 Å². The van der Waals surface area contributed by atoms with E-state index in [1.165, 1.54) is 18.2 Å². The van der Waals surface area contributed by atoms with Gasteiger partial charge in [0.05, 0.1) is 28.2 Å². The molecule has 3 amide bonds. The van der Waals surface area contributed by atoms with Gasteiger partial charge in [-0.05, 0) is 56.6 Å². The molecular formula is C37H42ClF2N5O5Si. The van der Waals surface area contributed by atoms with E-state index in [0.717, 1.165) is 11.6 Å². The number of aromatic nitrogens is 2. The summed E-state index contributed by atoms with van der Waals surface area (Å²) >= 11 is 6.63. The maximum absolute atomic E-state index is 15.5. The van der Waals surface area contributed by atoms with Crippen LogP contribution in [-0.4, -0.2) is 64.1 Å². The normalized spacial score (nSPS) is 17.6. The zero-order chi connectivity index (χ0) is 36.9. The number of amides is 3. The highest BCUT2D eigenvalue weighted by Gasteiger charge is 2.59.